The molecular formula is C12H18. The maximum Gasteiger partial charge on any atom is -0.0168 e. The summed E-state index contributed by atoms with van der Waals surface area (Å²) < 4.78 is 0. The monoisotopic (exact) mass is 162 g/mol. The van der Waals surface area contributed by atoms with E-state index in [1.54, 1.807) is 0 Å². The first-order chi connectivity index (χ1) is 5.81. The van der Waals surface area contributed by atoms with E-state index in [1.807, 2.05) is 0 Å². The zero-order valence-corrected chi connectivity index (χ0v) is 7.71. The lowest BCUT2D eigenvalue weighted by molar-refractivity contribution is 0.288. The predicted octanol–water partition coefficient (Wildman–Crippen LogP) is 3.58. The van der Waals surface area contributed by atoms with Crippen LogP contribution >= 0.6 is 0 Å². The van der Waals surface area contributed by atoms with Gasteiger partial charge in [-0.1, -0.05) is 18.2 Å². The van der Waals surface area contributed by atoms with Crippen LogP contribution in [0, 0.1) is 17.8 Å². The van der Waals surface area contributed by atoms with Crippen molar-refractivity contribution in [2.45, 2.75) is 19.3 Å². The largest absolute Gasteiger partial charge is 0.103 e. The molecule has 12 heavy (non-hydrogen) atoms. The van der Waals surface area contributed by atoms with Crippen molar-refractivity contribution in [3.63, 3.8) is 0 Å². The Morgan fingerprint density at radius 3 is 2.00 bits per heavy atom. The smallest absolute Gasteiger partial charge is 0.0168 e. The Balaban J connectivity index is 2.58. The average molecular weight is 162 g/mol. The van der Waals surface area contributed by atoms with Crippen LogP contribution in [0.1, 0.15) is 19.3 Å². The van der Waals surface area contributed by atoms with Crippen LogP contribution in [-0.4, -0.2) is 0 Å². The van der Waals surface area contributed by atoms with Crippen LogP contribution in [-0.2, 0) is 0 Å². The van der Waals surface area contributed by atoms with E-state index < -0.39 is 0 Å². The van der Waals surface area contributed by atoms with Gasteiger partial charge in [0.15, 0.2) is 0 Å². The van der Waals surface area contributed by atoms with E-state index in [0.29, 0.717) is 17.8 Å². The van der Waals surface area contributed by atoms with Crippen LogP contribution in [0.4, 0.5) is 0 Å². The molecule has 66 valence electrons. The van der Waals surface area contributed by atoms with E-state index in [4.69, 9.17) is 0 Å². The minimum absolute atomic E-state index is 0.624. The van der Waals surface area contributed by atoms with Gasteiger partial charge in [0.1, 0.15) is 0 Å². The van der Waals surface area contributed by atoms with Gasteiger partial charge in [0, 0.05) is 0 Å². The third kappa shape index (κ3) is 1.88. The highest BCUT2D eigenvalue weighted by atomic mass is 14.3. The molecular weight excluding hydrogens is 144 g/mol. The van der Waals surface area contributed by atoms with Crippen LogP contribution in [0.2, 0.25) is 0 Å². The highest BCUT2D eigenvalue weighted by molar-refractivity contribution is 4.99. The van der Waals surface area contributed by atoms with E-state index >= 15 is 0 Å². The van der Waals surface area contributed by atoms with Gasteiger partial charge in [-0.2, -0.15) is 0 Å². The van der Waals surface area contributed by atoms with E-state index in [2.05, 4.69) is 38.0 Å². The predicted molar refractivity (Wildman–Crippen MR) is 54.9 cm³/mol. The maximum absolute atomic E-state index is 3.87. The minimum Gasteiger partial charge on any atom is -0.103 e. The van der Waals surface area contributed by atoms with Crippen molar-refractivity contribution < 1.29 is 0 Å². The molecule has 0 saturated heterocycles. The summed E-state index contributed by atoms with van der Waals surface area (Å²) in [5.41, 5.74) is 0. The van der Waals surface area contributed by atoms with E-state index in [9.17, 15) is 0 Å². The number of hydrogen-bond donors (Lipinski definition) is 0. The maximum atomic E-state index is 3.87. The lowest BCUT2D eigenvalue weighted by Crippen LogP contribution is -2.20. The summed E-state index contributed by atoms with van der Waals surface area (Å²) in [6.45, 7) is 11.6. The van der Waals surface area contributed by atoms with Crippen molar-refractivity contribution in [3.05, 3.63) is 38.0 Å². The van der Waals surface area contributed by atoms with Gasteiger partial charge in [-0.25, -0.2) is 0 Å². The Kier molecular flexibility index (Phi) is 3.33. The van der Waals surface area contributed by atoms with Gasteiger partial charge < -0.3 is 0 Å². The Bertz CT molecular complexity index is 178. The summed E-state index contributed by atoms with van der Waals surface area (Å²) in [7, 11) is 0. The highest BCUT2D eigenvalue weighted by Gasteiger charge is 2.24. The molecule has 0 bridgehead atoms. The molecule has 0 spiro atoms. The fourth-order valence-corrected chi connectivity index (χ4v) is 2.04. The summed E-state index contributed by atoms with van der Waals surface area (Å²) in [5.74, 6) is 1.97. The molecule has 0 aromatic carbocycles. The molecule has 0 aromatic heterocycles. The molecule has 1 aliphatic rings. The van der Waals surface area contributed by atoms with Crippen molar-refractivity contribution in [3.8, 4) is 0 Å². The lowest BCUT2D eigenvalue weighted by Gasteiger charge is -2.31. The van der Waals surface area contributed by atoms with Gasteiger partial charge >= 0.3 is 0 Å². The molecule has 1 aliphatic carbocycles. The van der Waals surface area contributed by atoms with E-state index in [1.165, 1.54) is 19.3 Å². The zero-order valence-electron chi connectivity index (χ0n) is 7.71. The number of allylic oxidation sites excluding steroid dienone is 3. The van der Waals surface area contributed by atoms with Gasteiger partial charge in [0.05, 0.1) is 0 Å². The van der Waals surface area contributed by atoms with Crippen molar-refractivity contribution in [1.82, 2.24) is 0 Å². The Morgan fingerprint density at radius 2 is 1.50 bits per heavy atom. The van der Waals surface area contributed by atoms with Crippen molar-refractivity contribution in [1.29, 1.82) is 0 Å². The Labute approximate surface area is 75.7 Å². The third-order valence-corrected chi connectivity index (χ3v) is 2.93. The summed E-state index contributed by atoms with van der Waals surface area (Å²) in [5, 5.41) is 0. The van der Waals surface area contributed by atoms with E-state index in [-0.39, 0.29) is 0 Å². The molecule has 0 amide bonds. The summed E-state index contributed by atoms with van der Waals surface area (Å²) >= 11 is 0. The topological polar surface area (TPSA) is 0 Å². The first kappa shape index (κ1) is 9.31. The fourth-order valence-electron chi connectivity index (χ4n) is 2.04. The molecule has 0 N–H and O–H groups in total. The van der Waals surface area contributed by atoms with E-state index in [0.717, 1.165) is 0 Å². The zero-order chi connectivity index (χ0) is 8.97. The molecule has 1 fully saturated rings. The second-order valence-electron chi connectivity index (χ2n) is 3.61. The van der Waals surface area contributed by atoms with Crippen LogP contribution in [0.5, 0.6) is 0 Å². The molecule has 0 heterocycles. The molecule has 1 unspecified atom stereocenters. The van der Waals surface area contributed by atoms with Crippen LogP contribution in [0.3, 0.4) is 0 Å². The molecule has 3 atom stereocenters. The molecule has 0 aromatic rings. The van der Waals surface area contributed by atoms with Crippen LogP contribution in [0.15, 0.2) is 38.0 Å². The van der Waals surface area contributed by atoms with Crippen LogP contribution < -0.4 is 0 Å². The normalized spacial score (nSPS) is 35.5. The first-order valence-corrected chi connectivity index (χ1v) is 4.69. The standard InChI is InChI=1S/C12H18/c1-4-10-7-8-11(5-2)12(6-3)9-10/h4-6,10-12H,1-3,7-9H2/t10-,11+,12?/m1/s1. The van der Waals surface area contributed by atoms with Gasteiger partial charge in [-0.3, -0.25) is 0 Å². The minimum atomic E-state index is 0.624. The van der Waals surface area contributed by atoms with Gasteiger partial charge in [-0.15, -0.1) is 19.7 Å². The average Bonchev–Trinajstić information content (AvgIpc) is 2.16. The van der Waals surface area contributed by atoms with Crippen molar-refractivity contribution >= 4 is 0 Å². The van der Waals surface area contributed by atoms with Crippen molar-refractivity contribution in [2.75, 3.05) is 0 Å². The second-order valence-corrected chi connectivity index (χ2v) is 3.61. The fraction of sp³-hybridized carbons (Fsp3) is 0.500. The molecule has 0 aliphatic heterocycles. The SMILES string of the molecule is C=CC1C[C@H](C=C)CC[C@@H]1C=C. The molecule has 0 heteroatoms. The van der Waals surface area contributed by atoms with Gasteiger partial charge in [-0.05, 0) is 37.0 Å². The van der Waals surface area contributed by atoms with Crippen molar-refractivity contribution in [2.24, 2.45) is 17.8 Å². The second kappa shape index (κ2) is 4.30. The quantitative estimate of drug-likeness (QED) is 0.556. The van der Waals surface area contributed by atoms with Gasteiger partial charge in [0.25, 0.3) is 0 Å². The summed E-state index contributed by atoms with van der Waals surface area (Å²) in [6.07, 6.45) is 9.95. The highest BCUT2D eigenvalue weighted by Crippen LogP contribution is 2.35. The molecule has 1 saturated carbocycles. The summed E-state index contributed by atoms with van der Waals surface area (Å²) in [6, 6.07) is 0. The van der Waals surface area contributed by atoms with Gasteiger partial charge in [0.2, 0.25) is 0 Å². The molecule has 0 nitrogen and oxygen atoms in total. The first-order valence-electron chi connectivity index (χ1n) is 4.69. The van der Waals surface area contributed by atoms with Crippen LogP contribution in [0.25, 0.3) is 0 Å². The Morgan fingerprint density at radius 1 is 0.833 bits per heavy atom. The third-order valence-electron chi connectivity index (χ3n) is 2.93. The molecule has 0 radical (unpaired) electrons. The lowest BCUT2D eigenvalue weighted by atomic mass is 9.74. The number of rotatable bonds is 3. The Hall–Kier alpha value is -0.780. The summed E-state index contributed by atoms with van der Waals surface area (Å²) in [4.78, 5) is 0. The molecule has 1 rings (SSSR count). The number of hydrogen-bond acceptors (Lipinski definition) is 0.